The molecule has 0 unspecified atom stereocenters. The molecule has 8 nitrogen and oxygen atoms in total. The van der Waals surface area contributed by atoms with E-state index in [0.717, 1.165) is 9.87 Å². The number of methoxy groups -OCH3 is 1. The van der Waals surface area contributed by atoms with Gasteiger partial charge in [-0.15, -0.1) is 0 Å². The third-order valence-corrected chi connectivity index (χ3v) is 8.11. The van der Waals surface area contributed by atoms with Crippen LogP contribution >= 0.6 is 0 Å². The number of benzene rings is 3. The fourth-order valence-corrected chi connectivity index (χ4v) is 5.58. The van der Waals surface area contributed by atoms with E-state index in [1.54, 1.807) is 75.6 Å². The summed E-state index contributed by atoms with van der Waals surface area (Å²) in [5.74, 6) is 0.0299. The Kier molecular flexibility index (Phi) is 10.1. The molecule has 1 N–H and O–H groups in total. The van der Waals surface area contributed by atoms with Crippen molar-refractivity contribution in [2.24, 2.45) is 5.92 Å². The Hall–Kier alpha value is -3.85. The summed E-state index contributed by atoms with van der Waals surface area (Å²) >= 11 is 0. The van der Waals surface area contributed by atoms with E-state index in [2.05, 4.69) is 5.32 Å². The number of hydrogen-bond donors (Lipinski definition) is 1. The lowest BCUT2D eigenvalue weighted by Crippen LogP contribution is -2.51. The zero-order chi connectivity index (χ0) is 28.6. The second-order valence-electron chi connectivity index (χ2n) is 9.80. The Bertz CT molecular complexity index is 1380. The first-order valence-corrected chi connectivity index (χ1v) is 14.3. The van der Waals surface area contributed by atoms with Crippen LogP contribution in [0.2, 0.25) is 0 Å². The summed E-state index contributed by atoms with van der Waals surface area (Å²) in [7, 11) is -2.54. The Labute approximate surface area is 231 Å². The number of aryl methyl sites for hydroxylation is 1. The van der Waals surface area contributed by atoms with E-state index in [1.165, 1.54) is 17.0 Å². The van der Waals surface area contributed by atoms with E-state index < -0.39 is 28.5 Å². The molecule has 3 aromatic rings. The van der Waals surface area contributed by atoms with Crippen LogP contribution in [-0.4, -0.2) is 51.4 Å². The van der Waals surface area contributed by atoms with Gasteiger partial charge in [0.05, 0.1) is 17.7 Å². The maximum absolute atomic E-state index is 14.0. The number of hydrogen-bond acceptors (Lipinski definition) is 5. The summed E-state index contributed by atoms with van der Waals surface area (Å²) in [5.41, 5.74) is 1.85. The van der Waals surface area contributed by atoms with Crippen molar-refractivity contribution in [1.82, 2.24) is 10.2 Å². The smallest absolute Gasteiger partial charge is 0.264 e. The molecular weight excluding hydrogens is 514 g/mol. The van der Waals surface area contributed by atoms with Crippen molar-refractivity contribution in [1.29, 1.82) is 0 Å². The predicted molar refractivity (Wildman–Crippen MR) is 153 cm³/mol. The van der Waals surface area contributed by atoms with E-state index in [4.69, 9.17) is 4.74 Å². The number of rotatable bonds is 12. The van der Waals surface area contributed by atoms with Gasteiger partial charge in [-0.2, -0.15) is 0 Å². The topological polar surface area (TPSA) is 96.0 Å². The van der Waals surface area contributed by atoms with Crippen LogP contribution in [0.3, 0.4) is 0 Å². The molecule has 0 fully saturated rings. The van der Waals surface area contributed by atoms with Crippen molar-refractivity contribution in [2.75, 3.05) is 24.5 Å². The highest BCUT2D eigenvalue weighted by Gasteiger charge is 2.33. The number of ether oxygens (including phenoxy) is 1. The second kappa shape index (κ2) is 13.3. The summed E-state index contributed by atoms with van der Waals surface area (Å²) < 4.78 is 34.1. The number of nitrogens with one attached hydrogen (secondary N) is 1. The first kappa shape index (κ1) is 29.7. The standard InChI is InChI=1S/C30H37N3O5S/c1-22(2)19-31-30(35)24(4)32(20-25-13-11-14-26(18-25)38-5)29(34)21-33(28-17-10-9-12-23(28)3)39(36,37)27-15-7-6-8-16-27/h6-18,22,24H,19-21H2,1-5H3,(H,31,35)/t24-/m1/s1. The second-order valence-corrected chi connectivity index (χ2v) is 11.7. The summed E-state index contributed by atoms with van der Waals surface area (Å²) in [6.45, 7) is 7.49. The molecule has 0 radical (unpaired) electrons. The molecule has 0 spiro atoms. The normalized spacial score (nSPS) is 12.1. The van der Waals surface area contributed by atoms with Crippen molar-refractivity contribution in [3.8, 4) is 5.75 Å². The lowest BCUT2D eigenvalue weighted by molar-refractivity contribution is -0.139. The van der Waals surface area contributed by atoms with Crippen LogP contribution in [0, 0.1) is 12.8 Å². The minimum absolute atomic E-state index is 0.0723. The molecule has 39 heavy (non-hydrogen) atoms. The van der Waals surface area contributed by atoms with Crippen LogP contribution in [0.25, 0.3) is 0 Å². The van der Waals surface area contributed by atoms with Gasteiger partial charge in [-0.1, -0.05) is 62.4 Å². The summed E-state index contributed by atoms with van der Waals surface area (Å²) in [4.78, 5) is 28.5. The molecule has 208 valence electrons. The number of para-hydroxylation sites is 1. The zero-order valence-corrected chi connectivity index (χ0v) is 23.9. The maximum Gasteiger partial charge on any atom is 0.264 e. The van der Waals surface area contributed by atoms with Crippen molar-refractivity contribution < 1.29 is 22.7 Å². The molecule has 3 rings (SSSR count). The van der Waals surface area contributed by atoms with Gasteiger partial charge in [0, 0.05) is 13.1 Å². The Morgan fingerprint density at radius 2 is 1.59 bits per heavy atom. The van der Waals surface area contributed by atoms with Crippen LogP contribution in [0.15, 0.2) is 83.8 Å². The van der Waals surface area contributed by atoms with Gasteiger partial charge >= 0.3 is 0 Å². The molecule has 3 aromatic carbocycles. The molecule has 1 atom stereocenters. The van der Waals surface area contributed by atoms with Crippen LogP contribution in [-0.2, 0) is 26.2 Å². The molecule has 0 saturated carbocycles. The number of amides is 2. The fraction of sp³-hybridized carbons (Fsp3) is 0.333. The lowest BCUT2D eigenvalue weighted by Gasteiger charge is -2.32. The first-order valence-electron chi connectivity index (χ1n) is 12.9. The number of carbonyl (C=O) groups excluding carboxylic acids is 2. The molecule has 0 bridgehead atoms. The minimum atomic E-state index is -4.09. The van der Waals surface area contributed by atoms with Crippen molar-refractivity contribution in [3.63, 3.8) is 0 Å². The molecule has 0 heterocycles. The van der Waals surface area contributed by atoms with Gasteiger partial charge in [-0.05, 0) is 61.2 Å². The van der Waals surface area contributed by atoms with Gasteiger partial charge < -0.3 is 15.0 Å². The third-order valence-electron chi connectivity index (χ3n) is 6.33. The molecule has 9 heteroatoms. The van der Waals surface area contributed by atoms with E-state index in [9.17, 15) is 18.0 Å². The average molecular weight is 552 g/mol. The number of nitrogens with zero attached hydrogens (tertiary/aromatic N) is 2. The SMILES string of the molecule is COc1cccc(CN(C(=O)CN(c2ccccc2C)S(=O)(=O)c2ccccc2)[C@H](C)C(=O)NCC(C)C)c1. The first-order chi connectivity index (χ1) is 18.5. The number of carbonyl (C=O) groups is 2. The predicted octanol–water partition coefficient (Wildman–Crippen LogP) is 4.39. The molecule has 0 aliphatic carbocycles. The van der Waals surface area contributed by atoms with Gasteiger partial charge in [0.2, 0.25) is 11.8 Å². The van der Waals surface area contributed by atoms with Crippen LogP contribution in [0.5, 0.6) is 5.75 Å². The van der Waals surface area contributed by atoms with Gasteiger partial charge in [0.15, 0.2) is 0 Å². The fourth-order valence-electron chi connectivity index (χ4n) is 4.08. The molecule has 0 aromatic heterocycles. The largest absolute Gasteiger partial charge is 0.497 e. The van der Waals surface area contributed by atoms with E-state index in [0.29, 0.717) is 23.5 Å². The molecule has 0 saturated heterocycles. The van der Waals surface area contributed by atoms with Crippen molar-refractivity contribution >= 4 is 27.5 Å². The Morgan fingerprint density at radius 3 is 2.23 bits per heavy atom. The highest BCUT2D eigenvalue weighted by Crippen LogP contribution is 2.27. The van der Waals surface area contributed by atoms with Gasteiger partial charge in [-0.25, -0.2) is 8.42 Å². The Balaban J connectivity index is 2.02. The quantitative estimate of drug-likeness (QED) is 0.360. The molecular formula is C30H37N3O5S. The molecule has 0 aliphatic heterocycles. The summed E-state index contributed by atoms with van der Waals surface area (Å²) in [6.07, 6.45) is 0. The van der Waals surface area contributed by atoms with E-state index >= 15 is 0 Å². The highest BCUT2D eigenvalue weighted by atomic mass is 32.2. The Morgan fingerprint density at radius 1 is 0.923 bits per heavy atom. The third kappa shape index (κ3) is 7.60. The maximum atomic E-state index is 14.0. The van der Waals surface area contributed by atoms with Crippen LogP contribution < -0.4 is 14.4 Å². The van der Waals surface area contributed by atoms with Crippen molar-refractivity contribution in [2.45, 2.75) is 45.2 Å². The minimum Gasteiger partial charge on any atom is -0.497 e. The van der Waals surface area contributed by atoms with Crippen LogP contribution in [0.4, 0.5) is 5.69 Å². The average Bonchev–Trinajstić information content (AvgIpc) is 2.93. The van der Waals surface area contributed by atoms with Gasteiger partial charge in [0.25, 0.3) is 10.0 Å². The summed E-state index contributed by atoms with van der Waals surface area (Å²) in [6, 6.07) is 21.4. The van der Waals surface area contributed by atoms with Gasteiger partial charge in [-0.3, -0.25) is 13.9 Å². The van der Waals surface area contributed by atoms with Crippen LogP contribution in [0.1, 0.15) is 31.9 Å². The van der Waals surface area contributed by atoms with Gasteiger partial charge in [0.1, 0.15) is 18.3 Å². The summed E-state index contributed by atoms with van der Waals surface area (Å²) in [5, 5.41) is 2.89. The molecule has 2 amide bonds. The lowest BCUT2D eigenvalue weighted by atomic mass is 10.1. The highest BCUT2D eigenvalue weighted by molar-refractivity contribution is 7.92. The monoisotopic (exact) mass is 551 g/mol. The number of anilines is 1. The zero-order valence-electron chi connectivity index (χ0n) is 23.1. The van der Waals surface area contributed by atoms with Crippen molar-refractivity contribution in [3.05, 3.63) is 90.0 Å². The van der Waals surface area contributed by atoms with E-state index in [-0.39, 0.29) is 23.3 Å². The van der Waals surface area contributed by atoms with E-state index in [1.807, 2.05) is 26.0 Å². The molecule has 0 aliphatic rings. The number of sulfonamides is 1.